The first-order valence-corrected chi connectivity index (χ1v) is 17.7. The highest BCUT2D eigenvalue weighted by atomic mass is 32.2. The van der Waals surface area contributed by atoms with E-state index in [4.69, 9.17) is 0 Å². The third-order valence-corrected chi connectivity index (χ3v) is 11.5. The number of nitrogens with zero attached hydrogens (tertiary/aromatic N) is 1. The maximum atomic E-state index is 13.4. The minimum atomic E-state index is -3.84. The minimum absolute atomic E-state index is 0.156. The van der Waals surface area contributed by atoms with Crippen LogP contribution in [0.25, 0.3) is 0 Å². The quantitative estimate of drug-likeness (QED) is 0.220. The molecule has 0 saturated carbocycles. The van der Waals surface area contributed by atoms with Crippen molar-refractivity contribution in [2.45, 2.75) is 74.6 Å². The molecule has 224 valence electrons. The Bertz CT molecular complexity index is 1440. The van der Waals surface area contributed by atoms with Crippen molar-refractivity contribution in [1.29, 1.82) is 0 Å². The average Bonchev–Trinajstić information content (AvgIpc) is 3.48. The van der Waals surface area contributed by atoms with Crippen LogP contribution in [0.4, 0.5) is 0 Å². The van der Waals surface area contributed by atoms with Crippen molar-refractivity contribution in [3.8, 4) is 0 Å². The van der Waals surface area contributed by atoms with Crippen LogP contribution in [0, 0.1) is 12.8 Å². The van der Waals surface area contributed by atoms with Crippen molar-refractivity contribution in [2.24, 2.45) is 5.92 Å². The third kappa shape index (κ3) is 9.75. The summed E-state index contributed by atoms with van der Waals surface area (Å²) in [4.78, 5) is 13.4. The second-order valence-corrected chi connectivity index (χ2v) is 15.5. The lowest BCUT2D eigenvalue weighted by Crippen LogP contribution is -2.48. The van der Waals surface area contributed by atoms with Crippen molar-refractivity contribution in [2.75, 3.05) is 13.1 Å². The summed E-state index contributed by atoms with van der Waals surface area (Å²) in [5, 5.41) is 4.55. The van der Waals surface area contributed by atoms with Gasteiger partial charge in [-0.3, -0.25) is 4.79 Å². The van der Waals surface area contributed by atoms with E-state index in [9.17, 15) is 21.6 Å². The van der Waals surface area contributed by atoms with Crippen LogP contribution in [0.15, 0.2) is 81.2 Å². The molecule has 0 spiro atoms. The molecule has 1 aromatic heterocycles. The zero-order chi connectivity index (χ0) is 30.0. The highest BCUT2D eigenvalue weighted by molar-refractivity contribution is 7.91. The Kier molecular flexibility index (Phi) is 12.1. The van der Waals surface area contributed by atoms with Crippen LogP contribution in [0.5, 0.6) is 0 Å². The number of benzene rings is 2. The van der Waals surface area contributed by atoms with Crippen molar-refractivity contribution < 1.29 is 21.6 Å². The lowest BCUT2D eigenvalue weighted by atomic mass is 10.1. The molecule has 0 bridgehead atoms. The lowest BCUT2D eigenvalue weighted by Gasteiger charge is -2.30. The van der Waals surface area contributed by atoms with Gasteiger partial charge >= 0.3 is 0 Å². The maximum absolute atomic E-state index is 13.4. The SMILES string of the molecule is Cc1ccc(S(=O)(=O)N(CC(C)C)[C@H](C)CCCCNC(=O)C(Cc2ccccc2)NS(=O)(=O)c2cccs2)cc1. The number of carbonyl (C=O) groups excluding carboxylic acids is 1. The molecule has 0 radical (unpaired) electrons. The molecule has 0 fully saturated rings. The number of hydrogen-bond acceptors (Lipinski definition) is 6. The molecule has 3 aromatic rings. The summed E-state index contributed by atoms with van der Waals surface area (Å²) >= 11 is 1.09. The van der Waals surface area contributed by atoms with Gasteiger partial charge in [-0.05, 0) is 68.2 Å². The fourth-order valence-corrected chi connectivity index (χ4v) is 8.49. The smallest absolute Gasteiger partial charge is 0.250 e. The molecule has 0 aliphatic carbocycles. The van der Waals surface area contributed by atoms with E-state index < -0.39 is 32.0 Å². The normalized spacial score (nSPS) is 13.8. The van der Waals surface area contributed by atoms with Gasteiger partial charge in [-0.25, -0.2) is 16.8 Å². The van der Waals surface area contributed by atoms with Gasteiger partial charge in [0.2, 0.25) is 15.9 Å². The molecule has 2 aromatic carbocycles. The van der Waals surface area contributed by atoms with Crippen LogP contribution >= 0.6 is 11.3 Å². The third-order valence-electron chi connectivity index (χ3n) is 6.67. The molecular weight excluding hydrogens is 579 g/mol. The van der Waals surface area contributed by atoms with E-state index in [2.05, 4.69) is 10.0 Å². The monoisotopic (exact) mass is 619 g/mol. The predicted octanol–water partition coefficient (Wildman–Crippen LogP) is 4.97. The van der Waals surface area contributed by atoms with Gasteiger partial charge in [0.25, 0.3) is 10.0 Å². The molecule has 0 saturated heterocycles. The summed E-state index contributed by atoms with van der Waals surface area (Å²) in [5.74, 6) is -0.234. The van der Waals surface area contributed by atoms with Crippen molar-refractivity contribution >= 4 is 37.3 Å². The average molecular weight is 620 g/mol. The van der Waals surface area contributed by atoms with E-state index in [1.165, 1.54) is 6.07 Å². The van der Waals surface area contributed by atoms with E-state index in [0.29, 0.717) is 32.4 Å². The predicted molar refractivity (Wildman–Crippen MR) is 165 cm³/mol. The first-order valence-electron chi connectivity index (χ1n) is 13.9. The second kappa shape index (κ2) is 15.1. The number of thiophene rings is 1. The van der Waals surface area contributed by atoms with Crippen LogP contribution in [-0.4, -0.2) is 52.2 Å². The van der Waals surface area contributed by atoms with Crippen LogP contribution in [0.3, 0.4) is 0 Å². The Morgan fingerprint density at radius 1 is 0.902 bits per heavy atom. The molecule has 41 heavy (non-hydrogen) atoms. The van der Waals surface area contributed by atoms with Crippen molar-refractivity contribution in [3.63, 3.8) is 0 Å². The van der Waals surface area contributed by atoms with E-state index in [1.54, 1.807) is 40.0 Å². The summed E-state index contributed by atoms with van der Waals surface area (Å²) in [5.41, 5.74) is 1.84. The van der Waals surface area contributed by atoms with Crippen LogP contribution in [0.1, 0.15) is 51.2 Å². The largest absolute Gasteiger partial charge is 0.355 e. The van der Waals surface area contributed by atoms with Gasteiger partial charge in [0.15, 0.2) is 0 Å². The van der Waals surface area contributed by atoms with E-state index in [0.717, 1.165) is 22.5 Å². The van der Waals surface area contributed by atoms with Gasteiger partial charge in [0, 0.05) is 19.1 Å². The van der Waals surface area contributed by atoms with Gasteiger partial charge in [-0.1, -0.05) is 74.4 Å². The van der Waals surface area contributed by atoms with E-state index in [1.807, 2.05) is 58.0 Å². The highest BCUT2D eigenvalue weighted by Crippen LogP contribution is 2.23. The van der Waals surface area contributed by atoms with E-state index >= 15 is 0 Å². The molecule has 2 atom stereocenters. The summed E-state index contributed by atoms with van der Waals surface area (Å²) in [7, 11) is -7.49. The van der Waals surface area contributed by atoms with Crippen LogP contribution in [0.2, 0.25) is 0 Å². The maximum Gasteiger partial charge on any atom is 0.250 e. The summed E-state index contributed by atoms with van der Waals surface area (Å²) < 4.78 is 56.9. The number of rotatable bonds is 16. The topological polar surface area (TPSA) is 113 Å². The molecule has 8 nitrogen and oxygen atoms in total. The Morgan fingerprint density at radius 3 is 2.20 bits per heavy atom. The molecule has 11 heteroatoms. The number of amides is 1. The molecule has 3 rings (SSSR count). The molecule has 0 aliphatic rings. The first-order chi connectivity index (χ1) is 19.4. The van der Waals surface area contributed by atoms with Gasteiger partial charge in [0.1, 0.15) is 10.3 Å². The zero-order valence-corrected chi connectivity index (χ0v) is 26.6. The molecule has 0 aliphatic heterocycles. The summed E-state index contributed by atoms with van der Waals surface area (Å²) in [6.07, 6.45) is 2.18. The first kappa shape index (κ1) is 32.9. The van der Waals surface area contributed by atoms with Gasteiger partial charge < -0.3 is 5.32 Å². The van der Waals surface area contributed by atoms with Crippen LogP contribution in [-0.2, 0) is 31.3 Å². The van der Waals surface area contributed by atoms with Crippen molar-refractivity contribution in [1.82, 2.24) is 14.3 Å². The van der Waals surface area contributed by atoms with Gasteiger partial charge in [-0.15, -0.1) is 11.3 Å². The van der Waals surface area contributed by atoms with Crippen molar-refractivity contribution in [3.05, 3.63) is 83.2 Å². The zero-order valence-electron chi connectivity index (χ0n) is 24.1. The van der Waals surface area contributed by atoms with Gasteiger partial charge in [0.05, 0.1) is 4.90 Å². The number of sulfonamides is 2. The summed E-state index contributed by atoms with van der Waals surface area (Å²) in [6.45, 7) is 8.61. The second-order valence-electron chi connectivity index (χ2n) is 10.7. The van der Waals surface area contributed by atoms with Gasteiger partial charge in [-0.2, -0.15) is 9.03 Å². The van der Waals surface area contributed by atoms with Crippen LogP contribution < -0.4 is 10.0 Å². The number of aryl methyl sites for hydroxylation is 1. The number of carbonyl (C=O) groups is 1. The molecule has 1 heterocycles. The fraction of sp³-hybridized carbons (Fsp3) is 0.433. The Labute approximate surface area is 249 Å². The summed E-state index contributed by atoms with van der Waals surface area (Å²) in [6, 6.07) is 18.2. The highest BCUT2D eigenvalue weighted by Gasteiger charge is 2.30. The number of hydrogen-bond donors (Lipinski definition) is 2. The molecule has 1 amide bonds. The minimum Gasteiger partial charge on any atom is -0.355 e. The fourth-order valence-electron chi connectivity index (χ4n) is 4.46. The van der Waals surface area contributed by atoms with E-state index in [-0.39, 0.29) is 27.5 Å². The molecule has 2 N–H and O–H groups in total. The standard InChI is InChI=1S/C30H41N3O5S3/c1-23(2)22-33(41(37,38)27-17-15-24(3)16-18-27)25(4)11-8-9-19-31-30(34)28(21-26-12-6-5-7-13-26)32-40(35,36)29-14-10-20-39-29/h5-7,10,12-18,20,23,25,28,32H,8-9,11,19,21-22H2,1-4H3,(H,31,34)/t25-,28?/m1/s1. The Balaban J connectivity index is 1.58. The molecular formula is C30H41N3O5S3. The number of nitrogens with one attached hydrogen (secondary N) is 2. The number of unbranched alkanes of at least 4 members (excludes halogenated alkanes) is 1. The molecule has 1 unspecified atom stereocenters. The Morgan fingerprint density at radius 2 is 1.59 bits per heavy atom. The Hall–Kier alpha value is -2.57. The lowest BCUT2D eigenvalue weighted by molar-refractivity contribution is -0.122.